The highest BCUT2D eigenvalue weighted by Gasteiger charge is 2.64. The summed E-state index contributed by atoms with van der Waals surface area (Å²) in [6.07, 6.45) is 2.76. The first kappa shape index (κ1) is 21.7. The SMILES string of the molecule is C/C=C(/C)C(=O)OC1C[C@@]2(CO)O[C@H]2C=C[C@@]2(C)O[C@@H]2[C@H]2OC(=O)C(COC(C)=O)=C12. The van der Waals surface area contributed by atoms with E-state index in [1.54, 1.807) is 19.9 Å². The molecule has 2 fully saturated rings. The highest BCUT2D eigenvalue weighted by molar-refractivity contribution is 5.94. The molecule has 0 bridgehead atoms. The van der Waals surface area contributed by atoms with Crippen LogP contribution in [-0.4, -0.2) is 71.8 Å². The lowest BCUT2D eigenvalue weighted by atomic mass is 9.85. The van der Waals surface area contributed by atoms with Crippen molar-refractivity contribution in [2.75, 3.05) is 13.2 Å². The highest BCUT2D eigenvalue weighted by Crippen LogP contribution is 2.51. The number of rotatable bonds is 5. The fraction of sp³-hybridized carbons (Fsp3) is 0.591. The van der Waals surface area contributed by atoms with Gasteiger partial charge in [-0.15, -0.1) is 0 Å². The maximum Gasteiger partial charge on any atom is 0.338 e. The fourth-order valence-electron chi connectivity index (χ4n) is 4.13. The van der Waals surface area contributed by atoms with Gasteiger partial charge in [-0.25, -0.2) is 9.59 Å². The van der Waals surface area contributed by atoms with Crippen molar-refractivity contribution < 1.29 is 43.2 Å². The fourth-order valence-corrected chi connectivity index (χ4v) is 4.13. The topological polar surface area (TPSA) is 124 Å². The quantitative estimate of drug-likeness (QED) is 0.221. The molecule has 0 radical (unpaired) electrons. The van der Waals surface area contributed by atoms with Gasteiger partial charge < -0.3 is 28.8 Å². The van der Waals surface area contributed by atoms with Crippen LogP contribution in [0.2, 0.25) is 0 Å². The van der Waals surface area contributed by atoms with Crippen molar-refractivity contribution in [2.45, 2.75) is 69.7 Å². The molecule has 1 N–H and O–H groups in total. The number of fused-ring (bicyclic) bond motifs is 4. The van der Waals surface area contributed by atoms with Crippen LogP contribution in [0.4, 0.5) is 0 Å². The van der Waals surface area contributed by atoms with Crippen molar-refractivity contribution in [1.82, 2.24) is 0 Å². The molecule has 3 heterocycles. The van der Waals surface area contributed by atoms with E-state index in [1.807, 2.05) is 19.1 Å². The summed E-state index contributed by atoms with van der Waals surface area (Å²) in [5.41, 5.74) is -0.775. The second-order valence-electron chi connectivity index (χ2n) is 8.45. The molecule has 1 unspecified atom stereocenters. The molecule has 0 aromatic rings. The number of carbonyl (C=O) groups is 3. The largest absolute Gasteiger partial charge is 0.461 e. The minimum absolute atomic E-state index is 0.108. The van der Waals surface area contributed by atoms with Crippen LogP contribution in [0.3, 0.4) is 0 Å². The van der Waals surface area contributed by atoms with Crippen molar-refractivity contribution in [1.29, 1.82) is 0 Å². The van der Waals surface area contributed by atoms with Crippen LogP contribution >= 0.6 is 0 Å². The van der Waals surface area contributed by atoms with E-state index in [-0.39, 0.29) is 31.3 Å². The van der Waals surface area contributed by atoms with Crippen LogP contribution in [-0.2, 0) is 38.1 Å². The van der Waals surface area contributed by atoms with Crippen LogP contribution in [0, 0.1) is 0 Å². The third kappa shape index (κ3) is 3.81. The molecule has 2 saturated heterocycles. The average molecular weight is 434 g/mol. The minimum atomic E-state index is -0.959. The molecule has 0 spiro atoms. The number of allylic oxidation sites excluding steroid dienone is 1. The lowest BCUT2D eigenvalue weighted by Crippen LogP contribution is -2.37. The first-order valence-corrected chi connectivity index (χ1v) is 10.2. The Morgan fingerprint density at radius 2 is 2.06 bits per heavy atom. The summed E-state index contributed by atoms with van der Waals surface area (Å²) in [7, 11) is 0. The number of carbonyl (C=O) groups excluding carboxylic acids is 3. The first-order valence-electron chi connectivity index (χ1n) is 10.2. The number of epoxide rings is 2. The second-order valence-corrected chi connectivity index (χ2v) is 8.45. The third-order valence-electron chi connectivity index (χ3n) is 6.29. The molecule has 168 valence electrons. The first-order chi connectivity index (χ1) is 14.6. The lowest BCUT2D eigenvalue weighted by molar-refractivity contribution is -0.144. The second kappa shape index (κ2) is 7.58. The van der Waals surface area contributed by atoms with E-state index in [0.29, 0.717) is 11.1 Å². The summed E-state index contributed by atoms with van der Waals surface area (Å²) in [6.45, 7) is 5.80. The van der Waals surface area contributed by atoms with Gasteiger partial charge in [0.1, 0.15) is 36.1 Å². The van der Waals surface area contributed by atoms with Gasteiger partial charge in [-0.2, -0.15) is 0 Å². The van der Waals surface area contributed by atoms with Gasteiger partial charge >= 0.3 is 17.9 Å². The highest BCUT2D eigenvalue weighted by atomic mass is 16.7. The minimum Gasteiger partial charge on any atom is -0.461 e. The zero-order valence-electron chi connectivity index (χ0n) is 17.9. The predicted molar refractivity (Wildman–Crippen MR) is 105 cm³/mol. The summed E-state index contributed by atoms with van der Waals surface area (Å²) in [5.74, 6) is -1.78. The zero-order valence-corrected chi connectivity index (χ0v) is 17.9. The third-order valence-corrected chi connectivity index (χ3v) is 6.29. The Morgan fingerprint density at radius 1 is 1.32 bits per heavy atom. The molecule has 4 aliphatic rings. The summed E-state index contributed by atoms with van der Waals surface area (Å²) < 4.78 is 28.1. The Labute approximate surface area is 179 Å². The van der Waals surface area contributed by atoms with Gasteiger partial charge in [-0.3, -0.25) is 4.79 Å². The van der Waals surface area contributed by atoms with Gasteiger partial charge in [0, 0.05) is 24.5 Å². The number of hydrogen-bond donors (Lipinski definition) is 1. The van der Waals surface area contributed by atoms with E-state index in [4.69, 9.17) is 23.7 Å². The molecule has 0 aromatic carbocycles. The van der Waals surface area contributed by atoms with E-state index < -0.39 is 47.4 Å². The number of esters is 3. The molecule has 4 rings (SSSR count). The van der Waals surface area contributed by atoms with Crippen LogP contribution in [0.15, 0.2) is 34.9 Å². The summed E-state index contributed by atoms with van der Waals surface area (Å²) in [6, 6.07) is 0. The number of ether oxygens (including phenoxy) is 5. The van der Waals surface area contributed by atoms with Crippen molar-refractivity contribution in [2.24, 2.45) is 0 Å². The monoisotopic (exact) mass is 434 g/mol. The van der Waals surface area contributed by atoms with Crippen LogP contribution in [0.1, 0.15) is 34.1 Å². The van der Waals surface area contributed by atoms with Gasteiger partial charge in [-0.05, 0) is 20.8 Å². The molecular formula is C22H26O9. The van der Waals surface area contributed by atoms with Crippen LogP contribution in [0.5, 0.6) is 0 Å². The van der Waals surface area contributed by atoms with Crippen molar-refractivity contribution in [3.63, 3.8) is 0 Å². The number of hydrogen-bond acceptors (Lipinski definition) is 9. The van der Waals surface area contributed by atoms with Gasteiger partial charge in [0.15, 0.2) is 6.10 Å². The van der Waals surface area contributed by atoms with Gasteiger partial charge in [0.05, 0.1) is 12.2 Å². The molecule has 9 nitrogen and oxygen atoms in total. The smallest absolute Gasteiger partial charge is 0.338 e. The van der Waals surface area contributed by atoms with E-state index >= 15 is 0 Å². The summed E-state index contributed by atoms with van der Waals surface area (Å²) in [4.78, 5) is 36.7. The lowest BCUT2D eigenvalue weighted by Gasteiger charge is -2.26. The van der Waals surface area contributed by atoms with E-state index in [9.17, 15) is 19.5 Å². The van der Waals surface area contributed by atoms with Gasteiger partial charge in [0.2, 0.25) is 0 Å². The molecule has 6 atom stereocenters. The molecule has 31 heavy (non-hydrogen) atoms. The zero-order chi connectivity index (χ0) is 22.6. The molecule has 0 aromatic heterocycles. The molecule has 0 saturated carbocycles. The number of aliphatic hydroxyl groups excluding tert-OH is 1. The van der Waals surface area contributed by atoms with E-state index in [1.165, 1.54) is 6.92 Å². The van der Waals surface area contributed by atoms with Crippen molar-refractivity contribution >= 4 is 17.9 Å². The van der Waals surface area contributed by atoms with Crippen LogP contribution in [0.25, 0.3) is 0 Å². The molecule has 1 aliphatic carbocycles. The molecule has 0 amide bonds. The van der Waals surface area contributed by atoms with E-state index in [2.05, 4.69) is 0 Å². The van der Waals surface area contributed by atoms with Crippen molar-refractivity contribution in [3.8, 4) is 0 Å². The van der Waals surface area contributed by atoms with E-state index in [0.717, 1.165) is 0 Å². The van der Waals surface area contributed by atoms with Gasteiger partial charge in [0.25, 0.3) is 0 Å². The Balaban J connectivity index is 1.79. The maximum atomic E-state index is 12.7. The standard InChI is InChI=1S/C22H26O9/c1-5-11(2)19(25)28-14-8-22(10-23)15(30-22)6-7-21(4)18(31-21)17-16(14)13(20(26)29-17)9-27-12(3)24/h5-7,14-15,17-18,23H,8-10H2,1-4H3/b7-6?,11-5-/t14?,15-,17-,18+,21+,22-/m0/s1. The Hall–Kier alpha value is -2.49. The summed E-state index contributed by atoms with van der Waals surface area (Å²) >= 11 is 0. The Kier molecular flexibility index (Phi) is 5.31. The van der Waals surface area contributed by atoms with Crippen molar-refractivity contribution in [3.05, 3.63) is 34.9 Å². The normalized spacial score (nSPS) is 38.5. The molecule has 9 heteroatoms. The Morgan fingerprint density at radius 3 is 2.71 bits per heavy atom. The van der Waals surface area contributed by atoms with Gasteiger partial charge in [-0.1, -0.05) is 18.2 Å². The Bertz CT molecular complexity index is 916. The van der Waals surface area contributed by atoms with Crippen LogP contribution < -0.4 is 0 Å². The average Bonchev–Trinajstić information content (AvgIpc) is 3.57. The molecule has 3 aliphatic heterocycles. The predicted octanol–water partition coefficient (Wildman–Crippen LogP) is 0.897. The molecular weight excluding hydrogens is 408 g/mol. The number of aliphatic hydroxyl groups is 1. The summed E-state index contributed by atoms with van der Waals surface area (Å²) in [5, 5.41) is 10.0. The maximum absolute atomic E-state index is 12.7.